The molecule has 0 spiro atoms. The number of amides is 2. The number of carbonyl (C=O) groups is 3. The summed E-state index contributed by atoms with van der Waals surface area (Å²) < 4.78 is 5.60. The van der Waals surface area contributed by atoms with Gasteiger partial charge in [0.25, 0.3) is 0 Å². The monoisotopic (exact) mass is 480 g/mol. The summed E-state index contributed by atoms with van der Waals surface area (Å²) in [7, 11) is 1.25. The summed E-state index contributed by atoms with van der Waals surface area (Å²) in [5.74, 6) is -1.41. The van der Waals surface area contributed by atoms with Gasteiger partial charge in [-0.2, -0.15) is 0 Å². The molecule has 2 aromatic rings. The third-order valence-electron chi connectivity index (χ3n) is 4.21. The number of ether oxygens (including phenoxy) is 1. The van der Waals surface area contributed by atoms with Crippen LogP contribution in [0, 0.1) is 0 Å². The molecule has 2 amide bonds. The van der Waals surface area contributed by atoms with Gasteiger partial charge in [0.2, 0.25) is 11.8 Å². The van der Waals surface area contributed by atoms with Gasteiger partial charge < -0.3 is 15.4 Å². The Morgan fingerprint density at radius 3 is 2.34 bits per heavy atom. The van der Waals surface area contributed by atoms with Crippen LogP contribution < -0.4 is 10.6 Å². The van der Waals surface area contributed by atoms with Crippen molar-refractivity contribution in [3.63, 3.8) is 0 Å². The van der Waals surface area contributed by atoms with Crippen molar-refractivity contribution in [3.05, 3.63) is 69.2 Å². The van der Waals surface area contributed by atoms with Crippen LogP contribution in [0.3, 0.4) is 0 Å². The number of halogens is 2. The first-order valence-corrected chi connectivity index (χ1v) is 10.1. The van der Waals surface area contributed by atoms with E-state index in [0.29, 0.717) is 11.4 Å². The number of methoxy groups -OCH3 is 1. The first-order valence-electron chi connectivity index (χ1n) is 8.93. The Morgan fingerprint density at radius 2 is 1.72 bits per heavy atom. The zero-order valence-corrected chi connectivity index (χ0v) is 18.4. The van der Waals surface area contributed by atoms with E-state index in [1.54, 1.807) is 18.2 Å². The third-order valence-corrected chi connectivity index (χ3v) is 5.22. The number of rotatable bonds is 8. The molecule has 154 valence electrons. The van der Waals surface area contributed by atoms with Crippen LogP contribution in [0.4, 0.5) is 0 Å². The van der Waals surface area contributed by atoms with Crippen molar-refractivity contribution < 1.29 is 19.1 Å². The molecule has 0 aliphatic carbocycles. The van der Waals surface area contributed by atoms with Crippen LogP contribution in [0.25, 0.3) is 0 Å². The summed E-state index contributed by atoms with van der Waals surface area (Å²) in [5.41, 5.74) is 1.63. The van der Waals surface area contributed by atoms with Crippen molar-refractivity contribution in [2.75, 3.05) is 7.11 Å². The minimum Gasteiger partial charge on any atom is -0.467 e. The van der Waals surface area contributed by atoms with E-state index in [1.165, 1.54) is 14.0 Å². The zero-order chi connectivity index (χ0) is 21.4. The van der Waals surface area contributed by atoms with Crippen molar-refractivity contribution >= 4 is 45.3 Å². The van der Waals surface area contributed by atoms with Crippen LogP contribution in [-0.4, -0.2) is 37.0 Å². The summed E-state index contributed by atoms with van der Waals surface area (Å²) in [5, 5.41) is 5.85. The quantitative estimate of drug-likeness (QED) is 0.568. The lowest BCUT2D eigenvalue weighted by Crippen LogP contribution is -2.53. The highest BCUT2D eigenvalue weighted by molar-refractivity contribution is 9.10. The minimum atomic E-state index is -0.936. The van der Waals surface area contributed by atoms with Crippen LogP contribution in [0.2, 0.25) is 5.02 Å². The molecule has 0 saturated heterocycles. The average molecular weight is 482 g/mol. The summed E-state index contributed by atoms with van der Waals surface area (Å²) in [6.45, 7) is 1.34. The molecule has 0 aromatic heterocycles. The lowest BCUT2D eigenvalue weighted by molar-refractivity contribution is -0.145. The van der Waals surface area contributed by atoms with Gasteiger partial charge in [-0.15, -0.1) is 0 Å². The number of esters is 1. The highest BCUT2D eigenvalue weighted by Gasteiger charge is 2.27. The molecule has 0 saturated carbocycles. The maximum atomic E-state index is 12.9. The van der Waals surface area contributed by atoms with Crippen molar-refractivity contribution in [2.45, 2.75) is 31.8 Å². The SMILES string of the molecule is COC(=O)[C@H](Cc1cc(Cl)ccc1Br)NC(=O)[C@H](Cc1ccccc1)NC(C)=O. The maximum Gasteiger partial charge on any atom is 0.328 e. The summed E-state index contributed by atoms with van der Waals surface area (Å²) in [6.07, 6.45) is 0.471. The number of benzene rings is 2. The molecule has 0 aliphatic rings. The molecule has 0 fully saturated rings. The van der Waals surface area contributed by atoms with Crippen LogP contribution >= 0.6 is 27.5 Å². The molecule has 29 heavy (non-hydrogen) atoms. The van der Waals surface area contributed by atoms with Gasteiger partial charge in [-0.25, -0.2) is 4.79 Å². The van der Waals surface area contributed by atoms with E-state index in [1.807, 2.05) is 30.3 Å². The fourth-order valence-electron chi connectivity index (χ4n) is 2.83. The van der Waals surface area contributed by atoms with Crippen LogP contribution in [0.5, 0.6) is 0 Å². The third kappa shape index (κ3) is 7.18. The van der Waals surface area contributed by atoms with E-state index in [0.717, 1.165) is 15.6 Å². The van der Waals surface area contributed by atoms with Gasteiger partial charge in [0.15, 0.2) is 0 Å². The first kappa shape index (κ1) is 22.9. The van der Waals surface area contributed by atoms with Crippen molar-refractivity contribution in [1.82, 2.24) is 10.6 Å². The number of hydrogen-bond acceptors (Lipinski definition) is 4. The van der Waals surface area contributed by atoms with Crippen LogP contribution in [-0.2, 0) is 32.0 Å². The lowest BCUT2D eigenvalue weighted by atomic mass is 10.0. The molecule has 0 aliphatic heterocycles. The van der Waals surface area contributed by atoms with Crippen LogP contribution in [0.15, 0.2) is 53.0 Å². The fraction of sp³-hybridized carbons (Fsp3) is 0.286. The molecule has 0 radical (unpaired) electrons. The number of carbonyl (C=O) groups excluding carboxylic acids is 3. The second kappa shape index (κ2) is 11.0. The fourth-order valence-corrected chi connectivity index (χ4v) is 3.44. The van der Waals surface area contributed by atoms with Crippen molar-refractivity contribution in [2.24, 2.45) is 0 Å². The minimum absolute atomic E-state index is 0.178. The van der Waals surface area contributed by atoms with Gasteiger partial charge in [-0.1, -0.05) is 57.9 Å². The van der Waals surface area contributed by atoms with E-state index < -0.39 is 24.0 Å². The second-order valence-corrected chi connectivity index (χ2v) is 7.76. The molecule has 0 bridgehead atoms. The molecule has 2 rings (SSSR count). The first-order chi connectivity index (χ1) is 13.8. The smallest absolute Gasteiger partial charge is 0.328 e. The number of hydrogen-bond donors (Lipinski definition) is 2. The molecule has 2 atom stereocenters. The highest BCUT2D eigenvalue weighted by Crippen LogP contribution is 2.22. The molecular weight excluding hydrogens is 460 g/mol. The molecule has 8 heteroatoms. The lowest BCUT2D eigenvalue weighted by Gasteiger charge is -2.22. The Morgan fingerprint density at radius 1 is 1.03 bits per heavy atom. The normalized spacial score (nSPS) is 12.6. The van der Waals surface area contributed by atoms with Crippen molar-refractivity contribution in [3.8, 4) is 0 Å². The number of nitrogens with one attached hydrogen (secondary N) is 2. The van der Waals surface area contributed by atoms with E-state index in [4.69, 9.17) is 16.3 Å². The molecule has 2 N–H and O–H groups in total. The van der Waals surface area contributed by atoms with Gasteiger partial charge in [0.1, 0.15) is 12.1 Å². The molecule has 0 unspecified atom stereocenters. The van der Waals surface area contributed by atoms with Gasteiger partial charge in [-0.05, 0) is 29.3 Å². The molecule has 2 aromatic carbocycles. The topological polar surface area (TPSA) is 84.5 Å². The standard InChI is InChI=1S/C21H22BrClN2O4/c1-13(26)24-18(10-14-6-4-3-5-7-14)20(27)25-19(21(28)29-2)12-15-11-16(23)8-9-17(15)22/h3-9,11,18-19H,10,12H2,1-2H3,(H,24,26)(H,25,27)/t18-,19-/m0/s1. The maximum absolute atomic E-state index is 12.9. The Labute approximate surface area is 183 Å². The largest absolute Gasteiger partial charge is 0.467 e. The zero-order valence-electron chi connectivity index (χ0n) is 16.1. The molecular formula is C21H22BrClN2O4. The van der Waals surface area contributed by atoms with Gasteiger partial charge in [0.05, 0.1) is 7.11 Å². The summed E-state index contributed by atoms with van der Waals surface area (Å²) in [6, 6.07) is 12.7. The van der Waals surface area contributed by atoms with E-state index in [2.05, 4.69) is 26.6 Å². The predicted octanol–water partition coefficient (Wildman–Crippen LogP) is 3.05. The van der Waals surface area contributed by atoms with Crippen LogP contribution in [0.1, 0.15) is 18.1 Å². The Bertz CT molecular complexity index is 876. The summed E-state index contributed by atoms with van der Waals surface area (Å²) in [4.78, 5) is 36.8. The molecule has 6 nitrogen and oxygen atoms in total. The van der Waals surface area contributed by atoms with Gasteiger partial charge in [0, 0.05) is 29.3 Å². The molecule has 0 heterocycles. The Balaban J connectivity index is 2.20. The van der Waals surface area contributed by atoms with E-state index in [-0.39, 0.29) is 12.3 Å². The summed E-state index contributed by atoms with van der Waals surface area (Å²) >= 11 is 9.47. The Kier molecular flexibility index (Phi) is 8.67. The van der Waals surface area contributed by atoms with E-state index >= 15 is 0 Å². The second-order valence-electron chi connectivity index (χ2n) is 6.47. The Hall–Kier alpha value is -2.38. The van der Waals surface area contributed by atoms with Gasteiger partial charge in [-0.3, -0.25) is 9.59 Å². The van der Waals surface area contributed by atoms with Gasteiger partial charge >= 0.3 is 5.97 Å². The van der Waals surface area contributed by atoms with Crippen molar-refractivity contribution in [1.29, 1.82) is 0 Å². The van der Waals surface area contributed by atoms with E-state index in [9.17, 15) is 14.4 Å². The highest BCUT2D eigenvalue weighted by atomic mass is 79.9. The average Bonchev–Trinajstić information content (AvgIpc) is 2.69. The predicted molar refractivity (Wildman–Crippen MR) is 115 cm³/mol.